The molecule has 0 heterocycles. The van der Waals surface area contributed by atoms with Gasteiger partial charge in [0.15, 0.2) is 17.5 Å². The highest BCUT2D eigenvalue weighted by atomic mass is 19.2. The molecular weight excluding hydrogens is 269 g/mol. The number of anilines is 2. The molecule has 0 atom stereocenters. The molecule has 3 nitrogen and oxygen atoms in total. The fourth-order valence-electron chi connectivity index (χ4n) is 1.72. The summed E-state index contributed by atoms with van der Waals surface area (Å²) in [5.41, 5.74) is 6.21. The van der Waals surface area contributed by atoms with Gasteiger partial charge in [-0.25, -0.2) is 13.2 Å². The molecule has 0 aliphatic heterocycles. The average molecular weight is 280 g/mol. The number of nitrogens with two attached hydrogens (primary N) is 1. The van der Waals surface area contributed by atoms with Crippen LogP contribution in [0.25, 0.3) is 0 Å². The number of hydrogen-bond acceptors (Lipinski definition) is 2. The number of nitrogen functional groups attached to an aromatic ring is 1. The zero-order valence-electron chi connectivity index (χ0n) is 10.5. The van der Waals surface area contributed by atoms with Gasteiger partial charge in [-0.2, -0.15) is 0 Å². The van der Waals surface area contributed by atoms with Gasteiger partial charge in [0.2, 0.25) is 0 Å². The third-order valence-corrected chi connectivity index (χ3v) is 2.79. The number of hydrogen-bond donors (Lipinski definition) is 1. The van der Waals surface area contributed by atoms with E-state index < -0.39 is 23.4 Å². The molecule has 2 rings (SSSR count). The van der Waals surface area contributed by atoms with E-state index in [1.54, 1.807) is 18.2 Å². The second kappa shape index (κ2) is 5.24. The van der Waals surface area contributed by atoms with Crippen molar-refractivity contribution in [2.45, 2.75) is 0 Å². The predicted octanol–water partition coefficient (Wildman–Crippen LogP) is 2.96. The Hall–Kier alpha value is -2.50. The quantitative estimate of drug-likeness (QED) is 0.679. The Morgan fingerprint density at radius 1 is 1.10 bits per heavy atom. The van der Waals surface area contributed by atoms with Crippen molar-refractivity contribution < 1.29 is 18.0 Å². The van der Waals surface area contributed by atoms with Crippen molar-refractivity contribution in [3.63, 3.8) is 0 Å². The fourth-order valence-corrected chi connectivity index (χ4v) is 1.72. The second-order valence-corrected chi connectivity index (χ2v) is 4.21. The molecule has 6 heteroatoms. The van der Waals surface area contributed by atoms with Crippen molar-refractivity contribution in [3.05, 3.63) is 59.4 Å². The summed E-state index contributed by atoms with van der Waals surface area (Å²) in [5, 5.41) is 0. The van der Waals surface area contributed by atoms with Crippen LogP contribution in [0.3, 0.4) is 0 Å². The summed E-state index contributed by atoms with van der Waals surface area (Å²) >= 11 is 0. The summed E-state index contributed by atoms with van der Waals surface area (Å²) in [6.07, 6.45) is 0. The van der Waals surface area contributed by atoms with Gasteiger partial charge in [-0.3, -0.25) is 4.79 Å². The van der Waals surface area contributed by atoms with Crippen LogP contribution in [0.1, 0.15) is 10.4 Å². The Balaban J connectivity index is 2.36. The maximum absolute atomic E-state index is 13.1. The van der Waals surface area contributed by atoms with Crippen LogP contribution < -0.4 is 10.6 Å². The topological polar surface area (TPSA) is 46.3 Å². The van der Waals surface area contributed by atoms with E-state index in [-0.39, 0.29) is 5.56 Å². The highest BCUT2D eigenvalue weighted by molar-refractivity contribution is 6.05. The highest BCUT2D eigenvalue weighted by Crippen LogP contribution is 2.20. The Bertz CT molecular complexity index is 650. The molecular formula is C14H11F3N2O. The lowest BCUT2D eigenvalue weighted by atomic mass is 10.1. The zero-order valence-corrected chi connectivity index (χ0v) is 10.5. The standard InChI is InChI=1S/C14H11F3N2O/c1-19(10-4-2-3-9(18)7-10)14(20)8-5-11(15)13(17)12(16)6-8/h2-7H,18H2,1H3. The van der Waals surface area contributed by atoms with Crippen LogP contribution in [-0.2, 0) is 0 Å². The van der Waals surface area contributed by atoms with Crippen LogP contribution in [0.15, 0.2) is 36.4 Å². The number of rotatable bonds is 2. The molecule has 2 aromatic carbocycles. The molecule has 2 N–H and O–H groups in total. The summed E-state index contributed by atoms with van der Waals surface area (Å²) in [4.78, 5) is 13.3. The zero-order chi connectivity index (χ0) is 14.9. The molecule has 2 aromatic rings. The molecule has 0 saturated heterocycles. The summed E-state index contributed by atoms with van der Waals surface area (Å²) in [6, 6.07) is 7.74. The third kappa shape index (κ3) is 2.59. The first-order valence-electron chi connectivity index (χ1n) is 5.68. The molecule has 0 fully saturated rings. The second-order valence-electron chi connectivity index (χ2n) is 4.21. The number of benzene rings is 2. The molecule has 0 aliphatic carbocycles. The third-order valence-electron chi connectivity index (χ3n) is 2.79. The van der Waals surface area contributed by atoms with E-state index in [4.69, 9.17) is 5.73 Å². The van der Waals surface area contributed by atoms with Gasteiger partial charge in [0.25, 0.3) is 5.91 Å². The van der Waals surface area contributed by atoms with E-state index in [9.17, 15) is 18.0 Å². The lowest BCUT2D eigenvalue weighted by Gasteiger charge is -2.18. The van der Waals surface area contributed by atoms with Gasteiger partial charge in [-0.05, 0) is 30.3 Å². The first-order chi connectivity index (χ1) is 9.40. The number of carbonyl (C=O) groups excluding carboxylic acids is 1. The summed E-state index contributed by atoms with van der Waals surface area (Å²) < 4.78 is 39.1. The maximum atomic E-state index is 13.1. The molecule has 1 amide bonds. The van der Waals surface area contributed by atoms with Crippen LogP contribution >= 0.6 is 0 Å². The molecule has 0 saturated carbocycles. The number of halogens is 3. The van der Waals surface area contributed by atoms with Crippen molar-refractivity contribution in [1.29, 1.82) is 0 Å². The molecule has 104 valence electrons. The van der Waals surface area contributed by atoms with Gasteiger partial charge in [0.1, 0.15) is 0 Å². The SMILES string of the molecule is CN(C(=O)c1cc(F)c(F)c(F)c1)c1cccc(N)c1. The molecule has 0 unspecified atom stereocenters. The van der Waals surface area contributed by atoms with E-state index in [1.165, 1.54) is 18.0 Å². The van der Waals surface area contributed by atoms with Gasteiger partial charge in [0.05, 0.1) is 0 Å². The number of nitrogens with zero attached hydrogens (tertiary/aromatic N) is 1. The van der Waals surface area contributed by atoms with Gasteiger partial charge < -0.3 is 10.6 Å². The van der Waals surface area contributed by atoms with E-state index in [2.05, 4.69) is 0 Å². The minimum Gasteiger partial charge on any atom is -0.399 e. The van der Waals surface area contributed by atoms with Crippen LogP contribution in [0.4, 0.5) is 24.5 Å². The molecule has 0 bridgehead atoms. The smallest absolute Gasteiger partial charge is 0.258 e. The van der Waals surface area contributed by atoms with Crippen LogP contribution in [0.5, 0.6) is 0 Å². The Morgan fingerprint density at radius 3 is 2.25 bits per heavy atom. The minimum absolute atomic E-state index is 0.286. The first-order valence-corrected chi connectivity index (χ1v) is 5.68. The monoisotopic (exact) mass is 280 g/mol. The molecule has 0 radical (unpaired) electrons. The molecule has 0 aliphatic rings. The van der Waals surface area contributed by atoms with Crippen LogP contribution in [0.2, 0.25) is 0 Å². The lowest BCUT2D eigenvalue weighted by Crippen LogP contribution is -2.26. The predicted molar refractivity (Wildman–Crippen MR) is 69.9 cm³/mol. The highest BCUT2D eigenvalue weighted by Gasteiger charge is 2.18. The van der Waals surface area contributed by atoms with Crippen LogP contribution in [0, 0.1) is 17.5 Å². The summed E-state index contributed by atoms with van der Waals surface area (Å²) in [6.45, 7) is 0. The molecule has 0 spiro atoms. The Kier molecular flexibility index (Phi) is 3.65. The lowest BCUT2D eigenvalue weighted by molar-refractivity contribution is 0.0992. The minimum atomic E-state index is -1.60. The fraction of sp³-hybridized carbons (Fsp3) is 0.0714. The van der Waals surface area contributed by atoms with E-state index in [0.29, 0.717) is 23.5 Å². The van der Waals surface area contributed by atoms with Crippen molar-refractivity contribution in [2.24, 2.45) is 0 Å². The number of carbonyl (C=O) groups is 1. The molecule has 20 heavy (non-hydrogen) atoms. The average Bonchev–Trinajstić information content (AvgIpc) is 2.42. The number of amides is 1. The van der Waals surface area contributed by atoms with E-state index >= 15 is 0 Å². The van der Waals surface area contributed by atoms with Gasteiger partial charge in [0, 0.05) is 24.0 Å². The Labute approximate surface area is 113 Å². The largest absolute Gasteiger partial charge is 0.399 e. The van der Waals surface area contributed by atoms with Crippen molar-refractivity contribution >= 4 is 17.3 Å². The van der Waals surface area contributed by atoms with Crippen molar-refractivity contribution in [3.8, 4) is 0 Å². The normalized spacial score (nSPS) is 10.4. The summed E-state index contributed by atoms with van der Waals surface area (Å²) in [7, 11) is 1.43. The Morgan fingerprint density at radius 2 is 1.70 bits per heavy atom. The maximum Gasteiger partial charge on any atom is 0.258 e. The van der Waals surface area contributed by atoms with Crippen molar-refractivity contribution in [1.82, 2.24) is 0 Å². The van der Waals surface area contributed by atoms with E-state index in [0.717, 1.165) is 0 Å². The van der Waals surface area contributed by atoms with Gasteiger partial charge in [-0.15, -0.1) is 0 Å². The van der Waals surface area contributed by atoms with Gasteiger partial charge in [-0.1, -0.05) is 6.07 Å². The summed E-state index contributed by atoms with van der Waals surface area (Å²) in [5.74, 6) is -5.09. The molecule has 0 aromatic heterocycles. The van der Waals surface area contributed by atoms with E-state index in [1.807, 2.05) is 0 Å². The van der Waals surface area contributed by atoms with Crippen molar-refractivity contribution in [2.75, 3.05) is 17.7 Å². The van der Waals surface area contributed by atoms with Gasteiger partial charge >= 0.3 is 0 Å². The first kappa shape index (κ1) is 13.9. The van der Waals surface area contributed by atoms with Crippen LogP contribution in [-0.4, -0.2) is 13.0 Å².